The van der Waals surface area contributed by atoms with E-state index in [1.807, 2.05) is 0 Å². The van der Waals surface area contributed by atoms with Gasteiger partial charge in [0, 0.05) is 16.8 Å². The van der Waals surface area contributed by atoms with Crippen molar-refractivity contribution in [2.75, 3.05) is 23.7 Å². The highest BCUT2D eigenvalue weighted by molar-refractivity contribution is 5.94. The number of ether oxygens (including phenoxy) is 4. The summed E-state index contributed by atoms with van der Waals surface area (Å²) < 4.78 is 20.7. The van der Waals surface area contributed by atoms with Crippen LogP contribution in [0.3, 0.4) is 0 Å². The Morgan fingerprint density at radius 1 is 0.690 bits per heavy atom. The lowest BCUT2D eigenvalue weighted by atomic mass is 9.98. The molecule has 14 heteroatoms. The molecule has 0 bridgehead atoms. The summed E-state index contributed by atoms with van der Waals surface area (Å²) in [6, 6.07) is 16.3. The summed E-state index contributed by atoms with van der Waals surface area (Å²) >= 11 is 0. The number of anilines is 2. The van der Waals surface area contributed by atoms with Gasteiger partial charge < -0.3 is 34.6 Å². The molecule has 0 saturated heterocycles. The number of esters is 4. The molecule has 0 heterocycles. The molecule has 0 spiro atoms. The van der Waals surface area contributed by atoms with Crippen LogP contribution < -0.4 is 10.5 Å². The van der Waals surface area contributed by atoms with Crippen molar-refractivity contribution in [3.8, 4) is 0 Å². The smallest absolute Gasteiger partial charge is 0.352 e. The summed E-state index contributed by atoms with van der Waals surface area (Å²) in [6.07, 6.45) is -4.09. The van der Waals surface area contributed by atoms with Gasteiger partial charge >= 0.3 is 23.9 Å². The van der Waals surface area contributed by atoms with Gasteiger partial charge in [-0.3, -0.25) is 10.4 Å². The zero-order valence-corrected chi connectivity index (χ0v) is 22.4. The molecule has 0 radical (unpaired) electrons. The van der Waals surface area contributed by atoms with Gasteiger partial charge in [-0.25, -0.2) is 19.2 Å². The monoisotopic (exact) mass is 582 g/mol. The van der Waals surface area contributed by atoms with Crippen LogP contribution >= 0.6 is 0 Å². The molecule has 2 atom stereocenters. The van der Waals surface area contributed by atoms with Crippen LogP contribution in [0.15, 0.2) is 72.8 Å². The average Bonchev–Trinajstić information content (AvgIpc) is 2.98. The molecule has 42 heavy (non-hydrogen) atoms. The second kappa shape index (κ2) is 14.6. The maximum atomic E-state index is 13.0. The molecule has 0 fully saturated rings. The third-order valence-corrected chi connectivity index (χ3v) is 5.62. The van der Waals surface area contributed by atoms with Crippen LogP contribution in [0.1, 0.15) is 57.9 Å². The summed E-state index contributed by atoms with van der Waals surface area (Å²) in [6.45, 7) is 2.53. The molecular formula is C28H26N2O12-2. The third-order valence-electron chi connectivity index (χ3n) is 5.62. The SMILES string of the molecule is CCOC(=O)[C@H](OC(=O)c1ccccc1)c1cc([C@@H](OC(=O)c2ccccc2)C(=O)OCC)c(N(O)O)cc1N([O-])[O-]. The maximum absolute atomic E-state index is 13.0. The van der Waals surface area contributed by atoms with E-state index in [0.29, 0.717) is 6.07 Å². The summed E-state index contributed by atoms with van der Waals surface area (Å²) in [5.74, 6) is -4.46. The predicted molar refractivity (Wildman–Crippen MR) is 144 cm³/mol. The first-order valence-electron chi connectivity index (χ1n) is 12.4. The standard InChI is InChI=1S/C28H26N2O12/c1-3-39-27(33)23(41-25(31)17-11-7-5-8-12-17)19-15-20(22(30(37)38)16-21(19)29(35)36)24(28(34)40-4-2)42-26(32)18-13-9-6-10-14-18/h5-16,23-24,35-36H,3-4H2,1-2H3/q-2/t23-,24-/m1/s1. The topological polar surface area (TPSA) is 198 Å². The predicted octanol–water partition coefficient (Wildman–Crippen LogP) is 4.00. The molecule has 2 N–H and O–H groups in total. The van der Waals surface area contributed by atoms with E-state index in [0.717, 1.165) is 6.07 Å². The molecule has 0 amide bonds. The van der Waals surface area contributed by atoms with E-state index in [-0.39, 0.29) is 24.3 Å². The van der Waals surface area contributed by atoms with Crippen LogP contribution in [0.2, 0.25) is 0 Å². The van der Waals surface area contributed by atoms with Crippen molar-refractivity contribution in [2.45, 2.75) is 26.1 Å². The number of carbonyl (C=O) groups is 4. The fourth-order valence-corrected chi connectivity index (χ4v) is 3.77. The molecule has 0 aromatic heterocycles. The lowest BCUT2D eigenvalue weighted by Crippen LogP contribution is -2.28. The number of hydrogen-bond donors (Lipinski definition) is 2. The fraction of sp³-hybridized carbons (Fsp3) is 0.214. The van der Waals surface area contributed by atoms with Gasteiger partial charge in [-0.2, -0.15) is 0 Å². The molecule has 3 aromatic carbocycles. The molecule has 0 aliphatic heterocycles. The molecule has 0 saturated carbocycles. The number of nitrogens with zero attached hydrogens (tertiary/aromatic N) is 2. The Morgan fingerprint density at radius 2 is 1.10 bits per heavy atom. The van der Waals surface area contributed by atoms with Crippen molar-refractivity contribution in [2.24, 2.45) is 0 Å². The second-order valence-electron chi connectivity index (χ2n) is 8.32. The molecule has 0 unspecified atom stereocenters. The second-order valence-corrected chi connectivity index (χ2v) is 8.32. The summed E-state index contributed by atoms with van der Waals surface area (Å²) in [7, 11) is 0. The molecule has 0 aliphatic rings. The van der Waals surface area contributed by atoms with E-state index in [9.17, 15) is 40.0 Å². The Morgan fingerprint density at radius 3 is 1.45 bits per heavy atom. The zero-order chi connectivity index (χ0) is 30.8. The van der Waals surface area contributed by atoms with Crippen molar-refractivity contribution in [1.29, 1.82) is 0 Å². The minimum absolute atomic E-state index is 0.00405. The van der Waals surface area contributed by atoms with Gasteiger partial charge in [0.1, 0.15) is 5.69 Å². The van der Waals surface area contributed by atoms with Crippen LogP contribution in [0.4, 0.5) is 11.4 Å². The summed E-state index contributed by atoms with van der Waals surface area (Å²) in [5, 5.41) is 42.5. The highest BCUT2D eigenvalue weighted by Crippen LogP contribution is 2.39. The highest BCUT2D eigenvalue weighted by atomic mass is 16.8. The Labute approximate surface area is 239 Å². The van der Waals surface area contributed by atoms with Gasteiger partial charge in [0.25, 0.3) is 0 Å². The number of carbonyl (C=O) groups excluding carboxylic acids is 4. The van der Waals surface area contributed by atoms with E-state index in [1.54, 1.807) is 12.1 Å². The Balaban J connectivity index is 2.23. The van der Waals surface area contributed by atoms with Gasteiger partial charge in [-0.05, 0) is 50.2 Å². The van der Waals surface area contributed by atoms with Crippen molar-refractivity contribution in [3.05, 3.63) is 105 Å². The van der Waals surface area contributed by atoms with Crippen molar-refractivity contribution < 1.29 is 48.5 Å². The van der Waals surface area contributed by atoms with E-state index in [1.165, 1.54) is 62.4 Å². The van der Waals surface area contributed by atoms with E-state index in [4.69, 9.17) is 18.9 Å². The normalized spacial score (nSPS) is 12.0. The van der Waals surface area contributed by atoms with E-state index < -0.39 is 69.0 Å². The summed E-state index contributed by atoms with van der Waals surface area (Å²) in [4.78, 5) is 51.7. The highest BCUT2D eigenvalue weighted by Gasteiger charge is 2.36. The van der Waals surface area contributed by atoms with Gasteiger partial charge in [0.15, 0.2) is 0 Å². The van der Waals surface area contributed by atoms with Crippen LogP contribution in [0.25, 0.3) is 0 Å². The van der Waals surface area contributed by atoms with E-state index >= 15 is 0 Å². The molecule has 222 valence electrons. The molecule has 3 aromatic rings. The third kappa shape index (κ3) is 7.58. The Bertz CT molecular complexity index is 1290. The van der Waals surface area contributed by atoms with Crippen LogP contribution in [0, 0.1) is 10.4 Å². The first kappa shape index (κ1) is 31.5. The molecule has 14 nitrogen and oxygen atoms in total. The van der Waals surface area contributed by atoms with E-state index in [2.05, 4.69) is 0 Å². The Kier molecular flexibility index (Phi) is 10.9. The maximum Gasteiger partial charge on any atom is 0.352 e. The van der Waals surface area contributed by atoms with Gasteiger partial charge in [-0.15, -0.1) is 5.23 Å². The molecule has 3 rings (SSSR count). The average molecular weight is 583 g/mol. The largest absolute Gasteiger partial charge is 0.769 e. The summed E-state index contributed by atoms with van der Waals surface area (Å²) in [5.41, 5.74) is -2.84. The van der Waals surface area contributed by atoms with Crippen molar-refractivity contribution >= 4 is 35.3 Å². The minimum atomic E-state index is -2.07. The fourth-order valence-electron chi connectivity index (χ4n) is 3.77. The zero-order valence-electron chi connectivity index (χ0n) is 22.4. The van der Waals surface area contributed by atoms with Gasteiger partial charge in [0.05, 0.1) is 24.3 Å². The van der Waals surface area contributed by atoms with Crippen molar-refractivity contribution in [3.63, 3.8) is 0 Å². The quantitative estimate of drug-likeness (QED) is 0.176. The Hall–Kier alpha value is -5.02. The lowest BCUT2D eigenvalue weighted by Gasteiger charge is -2.40. The number of benzene rings is 3. The molecule has 0 aliphatic carbocycles. The van der Waals surface area contributed by atoms with Crippen LogP contribution in [-0.4, -0.2) is 47.5 Å². The van der Waals surface area contributed by atoms with Crippen LogP contribution in [-0.2, 0) is 28.5 Å². The first-order valence-corrected chi connectivity index (χ1v) is 12.4. The number of hydrogen-bond acceptors (Lipinski definition) is 14. The molecular weight excluding hydrogens is 556 g/mol. The van der Waals surface area contributed by atoms with Gasteiger partial charge in [0.2, 0.25) is 12.2 Å². The van der Waals surface area contributed by atoms with Crippen molar-refractivity contribution in [1.82, 2.24) is 0 Å². The van der Waals surface area contributed by atoms with Gasteiger partial charge in [-0.1, -0.05) is 36.4 Å². The lowest BCUT2D eigenvalue weighted by molar-refractivity contribution is -0.154. The van der Waals surface area contributed by atoms with Crippen LogP contribution in [0.5, 0.6) is 0 Å². The minimum Gasteiger partial charge on any atom is -0.769 e. The first-order chi connectivity index (χ1) is 20.1. The number of rotatable bonds is 12.